The molecule has 0 bridgehead atoms. The van der Waals surface area contributed by atoms with Crippen molar-refractivity contribution in [2.45, 2.75) is 19.0 Å². The van der Waals surface area contributed by atoms with E-state index in [2.05, 4.69) is 26.2 Å². The number of benzene rings is 1. The number of nitrogens with zero attached hydrogens (tertiary/aromatic N) is 2. The molecule has 25 heavy (non-hydrogen) atoms. The minimum Gasteiger partial charge on any atom is -0.362 e. The Morgan fingerprint density at radius 1 is 1.24 bits per heavy atom. The maximum atomic E-state index is 12.5. The van der Waals surface area contributed by atoms with Crippen LogP contribution in [0.2, 0.25) is 0 Å². The van der Waals surface area contributed by atoms with Gasteiger partial charge in [0, 0.05) is 36.9 Å². The fraction of sp³-hybridized carbons (Fsp3) is 0.294. The van der Waals surface area contributed by atoms with Crippen molar-refractivity contribution < 1.29 is 4.79 Å². The number of nitrogens with one attached hydrogen (secondary N) is 1. The van der Waals surface area contributed by atoms with E-state index in [0.717, 1.165) is 21.4 Å². The van der Waals surface area contributed by atoms with Crippen LogP contribution in [0.4, 0.5) is 5.82 Å². The highest BCUT2D eigenvalue weighted by Gasteiger charge is 2.30. The third-order valence-electron chi connectivity index (χ3n) is 3.65. The molecule has 0 saturated carbocycles. The molecule has 0 aliphatic heterocycles. The van der Waals surface area contributed by atoms with E-state index in [-0.39, 0.29) is 30.7 Å². The minimum absolute atomic E-state index is 0. The molecule has 2 aromatic rings. The summed E-state index contributed by atoms with van der Waals surface area (Å²) in [6, 6.07) is 11.2. The minimum atomic E-state index is -1.10. The Bertz CT molecular complexity index is 693. The van der Waals surface area contributed by atoms with E-state index in [1.54, 1.807) is 13.1 Å². The first kappa shape index (κ1) is 23.7. The van der Waals surface area contributed by atoms with Crippen LogP contribution in [0.25, 0.3) is 0 Å². The third kappa shape index (κ3) is 5.85. The van der Waals surface area contributed by atoms with Crippen molar-refractivity contribution in [2.24, 2.45) is 5.73 Å². The lowest BCUT2D eigenvalue weighted by molar-refractivity contribution is -0.126. The van der Waals surface area contributed by atoms with Gasteiger partial charge < -0.3 is 16.0 Å². The topological polar surface area (TPSA) is 71.2 Å². The van der Waals surface area contributed by atoms with Crippen LogP contribution < -0.4 is 16.0 Å². The molecule has 5 nitrogen and oxygen atoms in total. The zero-order valence-corrected chi connectivity index (χ0v) is 17.5. The van der Waals surface area contributed by atoms with Crippen LogP contribution in [0.5, 0.6) is 0 Å². The Hall–Kier alpha value is -1.34. The summed E-state index contributed by atoms with van der Waals surface area (Å²) in [4.78, 5) is 18.8. The highest BCUT2D eigenvalue weighted by atomic mass is 79.9. The number of hydrogen-bond donors (Lipinski definition) is 2. The fourth-order valence-electron chi connectivity index (χ4n) is 2.26. The Labute approximate surface area is 169 Å². The van der Waals surface area contributed by atoms with Crippen LogP contribution in [0.3, 0.4) is 0 Å². The van der Waals surface area contributed by atoms with Gasteiger partial charge in [0.25, 0.3) is 0 Å². The van der Waals surface area contributed by atoms with Gasteiger partial charge in [0.05, 0.1) is 0 Å². The maximum absolute atomic E-state index is 12.5. The second-order valence-electron chi connectivity index (χ2n) is 5.77. The van der Waals surface area contributed by atoms with Crippen LogP contribution >= 0.6 is 40.7 Å². The first-order valence-electron chi connectivity index (χ1n) is 7.27. The lowest BCUT2D eigenvalue weighted by Crippen LogP contribution is -2.48. The van der Waals surface area contributed by atoms with Gasteiger partial charge in [-0.1, -0.05) is 34.1 Å². The molecule has 0 fully saturated rings. The Morgan fingerprint density at radius 3 is 2.40 bits per heavy atom. The maximum Gasteiger partial charge on any atom is 0.244 e. The molecule has 138 valence electrons. The molecule has 1 unspecified atom stereocenters. The summed E-state index contributed by atoms with van der Waals surface area (Å²) in [6.07, 6.45) is 1.73. The number of hydrogen-bond acceptors (Lipinski definition) is 4. The number of pyridine rings is 1. The van der Waals surface area contributed by atoms with Crippen LogP contribution in [0, 0.1) is 0 Å². The lowest BCUT2D eigenvalue weighted by Gasteiger charge is -2.25. The number of nitrogens with two attached hydrogens (primary N) is 1. The summed E-state index contributed by atoms with van der Waals surface area (Å²) in [6.45, 7) is 2.09. The number of rotatable bonds is 5. The van der Waals surface area contributed by atoms with E-state index in [1.165, 1.54) is 0 Å². The number of halogens is 3. The molecule has 0 aliphatic rings. The number of amides is 1. The zero-order chi connectivity index (χ0) is 17.0. The molecular weight excluding hydrogens is 427 g/mol. The molecule has 1 heterocycles. The molecule has 0 spiro atoms. The number of carbonyl (C=O) groups excluding carboxylic acids is 1. The number of aromatic nitrogens is 1. The largest absolute Gasteiger partial charge is 0.362 e. The lowest BCUT2D eigenvalue weighted by atomic mass is 9.92. The summed E-state index contributed by atoms with van der Waals surface area (Å²) in [5.74, 6) is 0.601. The molecular formula is C17H23BrCl2N4O. The van der Waals surface area contributed by atoms with E-state index in [9.17, 15) is 4.79 Å². The van der Waals surface area contributed by atoms with Crippen molar-refractivity contribution in [1.29, 1.82) is 0 Å². The first-order valence-corrected chi connectivity index (χ1v) is 8.06. The van der Waals surface area contributed by atoms with Crippen molar-refractivity contribution in [1.82, 2.24) is 10.3 Å². The molecule has 3 N–H and O–H groups in total. The van der Waals surface area contributed by atoms with Crippen molar-refractivity contribution in [2.75, 3.05) is 19.0 Å². The second-order valence-corrected chi connectivity index (χ2v) is 6.69. The van der Waals surface area contributed by atoms with Gasteiger partial charge in [0.2, 0.25) is 5.91 Å². The van der Waals surface area contributed by atoms with Crippen molar-refractivity contribution in [3.05, 3.63) is 58.2 Å². The van der Waals surface area contributed by atoms with Gasteiger partial charge in [-0.25, -0.2) is 4.98 Å². The molecule has 1 aromatic carbocycles. The SMILES string of the molecule is CN(C)c1ncccc1CNC(=O)C(C)(N)c1ccc(Br)cc1.Cl.Cl. The number of carbonyl (C=O) groups is 1. The summed E-state index contributed by atoms with van der Waals surface area (Å²) in [5, 5.41) is 2.91. The highest BCUT2D eigenvalue weighted by Crippen LogP contribution is 2.21. The standard InChI is InChI=1S/C17H21BrN4O.2ClH/c1-17(19,13-6-8-14(18)9-7-13)16(23)21-11-12-5-4-10-20-15(12)22(2)3;;/h4-10H,11,19H2,1-3H3,(H,21,23);2*1H. The van der Waals surface area contributed by atoms with Gasteiger partial charge in [-0.15, -0.1) is 24.8 Å². The van der Waals surface area contributed by atoms with Gasteiger partial charge in [-0.3, -0.25) is 4.79 Å². The Kier molecular flexibility index (Phi) is 9.43. The molecule has 2 rings (SSSR count). The van der Waals surface area contributed by atoms with Crippen LogP contribution in [0.1, 0.15) is 18.1 Å². The monoisotopic (exact) mass is 448 g/mol. The molecule has 0 saturated heterocycles. The van der Waals surface area contributed by atoms with Crippen LogP contribution in [-0.2, 0) is 16.9 Å². The second kappa shape index (κ2) is 9.97. The average molecular weight is 450 g/mol. The van der Waals surface area contributed by atoms with Crippen molar-refractivity contribution in [3.63, 3.8) is 0 Å². The molecule has 0 radical (unpaired) electrons. The van der Waals surface area contributed by atoms with Crippen molar-refractivity contribution >= 4 is 52.5 Å². The van der Waals surface area contributed by atoms with Gasteiger partial charge in [0.15, 0.2) is 0 Å². The van der Waals surface area contributed by atoms with Crippen LogP contribution in [-0.4, -0.2) is 25.0 Å². The molecule has 0 aliphatic carbocycles. The predicted octanol–water partition coefficient (Wildman–Crippen LogP) is 3.24. The van der Waals surface area contributed by atoms with Gasteiger partial charge in [0.1, 0.15) is 11.4 Å². The summed E-state index contributed by atoms with van der Waals surface area (Å²) in [5.41, 5.74) is 6.85. The van der Waals surface area contributed by atoms with Crippen LogP contribution in [0.15, 0.2) is 47.1 Å². The van der Waals surface area contributed by atoms with E-state index in [4.69, 9.17) is 5.73 Å². The highest BCUT2D eigenvalue weighted by molar-refractivity contribution is 9.10. The number of anilines is 1. The Balaban J connectivity index is 0.00000288. The van der Waals surface area contributed by atoms with E-state index in [1.807, 2.05) is 55.4 Å². The smallest absolute Gasteiger partial charge is 0.244 e. The van der Waals surface area contributed by atoms with Gasteiger partial charge in [-0.2, -0.15) is 0 Å². The van der Waals surface area contributed by atoms with E-state index >= 15 is 0 Å². The van der Waals surface area contributed by atoms with E-state index < -0.39 is 5.54 Å². The summed E-state index contributed by atoms with van der Waals surface area (Å²) < 4.78 is 0.948. The Morgan fingerprint density at radius 2 is 1.84 bits per heavy atom. The molecule has 1 amide bonds. The van der Waals surface area contributed by atoms with E-state index in [0.29, 0.717) is 6.54 Å². The summed E-state index contributed by atoms with van der Waals surface area (Å²) in [7, 11) is 3.84. The molecule has 8 heteroatoms. The quantitative estimate of drug-likeness (QED) is 0.734. The molecule has 1 atom stereocenters. The van der Waals surface area contributed by atoms with Gasteiger partial charge >= 0.3 is 0 Å². The van der Waals surface area contributed by atoms with Crippen molar-refractivity contribution in [3.8, 4) is 0 Å². The average Bonchev–Trinajstić information content (AvgIpc) is 2.53. The van der Waals surface area contributed by atoms with Gasteiger partial charge in [-0.05, 0) is 30.7 Å². The predicted molar refractivity (Wildman–Crippen MR) is 111 cm³/mol. The first-order chi connectivity index (χ1) is 10.8. The third-order valence-corrected chi connectivity index (χ3v) is 4.17. The normalized spacial score (nSPS) is 12.2. The fourth-order valence-corrected chi connectivity index (χ4v) is 2.52. The zero-order valence-electron chi connectivity index (χ0n) is 14.3. The summed E-state index contributed by atoms with van der Waals surface area (Å²) >= 11 is 3.38. The molecule has 1 aromatic heterocycles.